The molecule has 1 aliphatic heterocycles. The SMILES string of the molecule is O=C(NCc1cccc(C(=O)N2CCCCC2)c1)c1ccc2nc(C(F)F)[nH]c2c1. The summed E-state index contributed by atoms with van der Waals surface area (Å²) in [6.45, 7) is 1.82. The van der Waals surface area contributed by atoms with E-state index in [1.54, 1.807) is 24.3 Å². The van der Waals surface area contributed by atoms with Gasteiger partial charge in [0.05, 0.1) is 11.0 Å². The zero-order chi connectivity index (χ0) is 21.1. The van der Waals surface area contributed by atoms with Crippen LogP contribution < -0.4 is 5.32 Å². The monoisotopic (exact) mass is 412 g/mol. The summed E-state index contributed by atoms with van der Waals surface area (Å²) >= 11 is 0. The number of benzene rings is 2. The molecule has 8 heteroatoms. The Morgan fingerprint density at radius 3 is 2.63 bits per heavy atom. The van der Waals surface area contributed by atoms with Crippen LogP contribution in [0.15, 0.2) is 42.5 Å². The first-order valence-corrected chi connectivity index (χ1v) is 9.95. The molecule has 0 radical (unpaired) electrons. The molecule has 1 fully saturated rings. The van der Waals surface area contributed by atoms with Crippen molar-refractivity contribution in [1.29, 1.82) is 0 Å². The Morgan fingerprint density at radius 2 is 1.87 bits per heavy atom. The van der Waals surface area contributed by atoms with Crippen molar-refractivity contribution in [3.63, 3.8) is 0 Å². The largest absolute Gasteiger partial charge is 0.348 e. The lowest BCUT2D eigenvalue weighted by molar-refractivity contribution is 0.0724. The molecule has 0 aliphatic carbocycles. The quantitative estimate of drug-likeness (QED) is 0.664. The minimum absolute atomic E-state index is 0.0161. The molecule has 2 amide bonds. The summed E-state index contributed by atoms with van der Waals surface area (Å²) in [5.74, 6) is -0.738. The van der Waals surface area contributed by atoms with Gasteiger partial charge in [0.2, 0.25) is 0 Å². The van der Waals surface area contributed by atoms with Crippen LogP contribution in [0.25, 0.3) is 11.0 Å². The highest BCUT2D eigenvalue weighted by atomic mass is 19.3. The fraction of sp³-hybridized carbons (Fsp3) is 0.318. The van der Waals surface area contributed by atoms with Crippen LogP contribution in [0.5, 0.6) is 0 Å². The maximum atomic E-state index is 12.8. The average Bonchev–Trinajstić information content (AvgIpc) is 3.21. The standard InChI is InChI=1S/C22H22F2N4O2/c23-19(24)20-26-17-8-7-15(12-18(17)27-20)21(29)25-13-14-5-4-6-16(11-14)22(30)28-9-2-1-3-10-28/h4-8,11-12,19H,1-3,9-10,13H2,(H,25,29)(H,26,27). The van der Waals surface area contributed by atoms with Crippen LogP contribution >= 0.6 is 0 Å². The van der Waals surface area contributed by atoms with Crippen LogP contribution in [0.3, 0.4) is 0 Å². The van der Waals surface area contributed by atoms with Crippen LogP contribution in [0.1, 0.15) is 57.8 Å². The third kappa shape index (κ3) is 4.32. The van der Waals surface area contributed by atoms with Crippen LogP contribution in [0.4, 0.5) is 8.78 Å². The van der Waals surface area contributed by atoms with E-state index in [0.29, 0.717) is 22.2 Å². The predicted octanol–water partition coefficient (Wildman–Crippen LogP) is 4.06. The number of hydrogen-bond acceptors (Lipinski definition) is 3. The molecule has 0 saturated carbocycles. The number of nitrogens with one attached hydrogen (secondary N) is 2. The number of carbonyl (C=O) groups excluding carboxylic acids is 2. The number of hydrogen-bond donors (Lipinski definition) is 2. The molecule has 1 saturated heterocycles. The summed E-state index contributed by atoms with van der Waals surface area (Å²) in [6.07, 6.45) is 0.514. The number of imidazole rings is 1. The van der Waals surface area contributed by atoms with Crippen LogP contribution in [-0.2, 0) is 6.54 Å². The van der Waals surface area contributed by atoms with Gasteiger partial charge in [-0.15, -0.1) is 0 Å². The Balaban J connectivity index is 1.42. The number of amides is 2. The lowest BCUT2D eigenvalue weighted by Gasteiger charge is -2.26. The predicted molar refractivity (Wildman–Crippen MR) is 108 cm³/mol. The third-order valence-corrected chi connectivity index (χ3v) is 5.24. The molecule has 0 unspecified atom stereocenters. The lowest BCUT2D eigenvalue weighted by atomic mass is 10.1. The molecule has 3 aromatic rings. The van der Waals surface area contributed by atoms with Gasteiger partial charge < -0.3 is 15.2 Å². The minimum Gasteiger partial charge on any atom is -0.348 e. The van der Waals surface area contributed by atoms with E-state index in [4.69, 9.17) is 0 Å². The van der Waals surface area contributed by atoms with E-state index >= 15 is 0 Å². The van der Waals surface area contributed by atoms with Crippen LogP contribution in [0, 0.1) is 0 Å². The lowest BCUT2D eigenvalue weighted by Crippen LogP contribution is -2.35. The Kier molecular flexibility index (Phi) is 5.74. The van der Waals surface area contributed by atoms with Gasteiger partial charge in [-0.25, -0.2) is 13.8 Å². The molecule has 6 nitrogen and oxygen atoms in total. The summed E-state index contributed by atoms with van der Waals surface area (Å²) in [6, 6.07) is 11.8. The van der Waals surface area contributed by atoms with E-state index in [-0.39, 0.29) is 18.4 Å². The number of nitrogens with zero attached hydrogens (tertiary/aromatic N) is 2. The topological polar surface area (TPSA) is 78.1 Å². The van der Waals surface area contributed by atoms with Crippen molar-refractivity contribution in [2.75, 3.05) is 13.1 Å². The van der Waals surface area contributed by atoms with E-state index in [9.17, 15) is 18.4 Å². The second-order valence-electron chi connectivity index (χ2n) is 7.39. The van der Waals surface area contributed by atoms with Gasteiger partial charge in [-0.2, -0.15) is 0 Å². The van der Waals surface area contributed by atoms with Crippen molar-refractivity contribution in [1.82, 2.24) is 20.2 Å². The van der Waals surface area contributed by atoms with Gasteiger partial charge in [0.15, 0.2) is 5.82 Å². The molecule has 156 valence electrons. The summed E-state index contributed by atoms with van der Waals surface area (Å²) in [5, 5.41) is 2.81. The number of rotatable bonds is 5. The van der Waals surface area contributed by atoms with Gasteiger partial charge in [0.25, 0.3) is 18.2 Å². The average molecular weight is 412 g/mol. The van der Waals surface area contributed by atoms with Crippen LogP contribution in [-0.4, -0.2) is 39.8 Å². The highest BCUT2D eigenvalue weighted by Gasteiger charge is 2.18. The fourth-order valence-electron chi connectivity index (χ4n) is 3.65. The van der Waals surface area contributed by atoms with Crippen molar-refractivity contribution in [2.45, 2.75) is 32.2 Å². The number of aromatic amines is 1. The normalized spacial score (nSPS) is 14.3. The summed E-state index contributed by atoms with van der Waals surface area (Å²) in [7, 11) is 0. The Hall–Kier alpha value is -3.29. The van der Waals surface area contributed by atoms with Crippen molar-refractivity contribution in [3.05, 3.63) is 65.0 Å². The number of H-pyrrole nitrogens is 1. The summed E-state index contributed by atoms with van der Waals surface area (Å²) in [4.78, 5) is 33.4. The number of piperidine rings is 1. The van der Waals surface area contributed by atoms with Gasteiger partial charge >= 0.3 is 0 Å². The Labute approximate surface area is 172 Å². The van der Waals surface area contributed by atoms with E-state index in [2.05, 4.69) is 15.3 Å². The molecule has 0 atom stereocenters. The van der Waals surface area contributed by atoms with Crippen molar-refractivity contribution >= 4 is 22.8 Å². The molecular weight excluding hydrogens is 390 g/mol. The molecule has 1 aromatic heterocycles. The fourth-order valence-corrected chi connectivity index (χ4v) is 3.65. The van der Waals surface area contributed by atoms with E-state index < -0.39 is 12.2 Å². The van der Waals surface area contributed by atoms with Gasteiger partial charge in [-0.05, 0) is 55.2 Å². The second-order valence-corrected chi connectivity index (χ2v) is 7.39. The van der Waals surface area contributed by atoms with Gasteiger partial charge in [-0.3, -0.25) is 9.59 Å². The van der Waals surface area contributed by atoms with Gasteiger partial charge in [-0.1, -0.05) is 12.1 Å². The highest BCUT2D eigenvalue weighted by Crippen LogP contribution is 2.21. The van der Waals surface area contributed by atoms with Gasteiger partial charge in [0, 0.05) is 30.8 Å². The van der Waals surface area contributed by atoms with Crippen LogP contribution in [0.2, 0.25) is 0 Å². The number of alkyl halides is 2. The third-order valence-electron chi connectivity index (χ3n) is 5.24. The molecule has 4 rings (SSSR count). The summed E-state index contributed by atoms with van der Waals surface area (Å²) in [5.41, 5.74) is 2.53. The van der Waals surface area contributed by atoms with Crippen molar-refractivity contribution in [2.24, 2.45) is 0 Å². The zero-order valence-electron chi connectivity index (χ0n) is 16.3. The Morgan fingerprint density at radius 1 is 1.07 bits per heavy atom. The maximum absolute atomic E-state index is 12.8. The number of likely N-dealkylation sites (tertiary alicyclic amines) is 1. The Bertz CT molecular complexity index is 1070. The second kappa shape index (κ2) is 8.61. The first-order chi connectivity index (χ1) is 14.5. The smallest absolute Gasteiger partial charge is 0.295 e. The first kappa shape index (κ1) is 20.0. The summed E-state index contributed by atoms with van der Waals surface area (Å²) < 4.78 is 25.6. The number of halogens is 2. The highest BCUT2D eigenvalue weighted by molar-refractivity contribution is 5.97. The molecule has 2 N–H and O–H groups in total. The molecule has 0 bridgehead atoms. The zero-order valence-corrected chi connectivity index (χ0v) is 16.3. The minimum atomic E-state index is -2.70. The number of carbonyl (C=O) groups is 2. The number of aromatic nitrogens is 2. The molecule has 1 aliphatic rings. The first-order valence-electron chi connectivity index (χ1n) is 9.95. The van der Waals surface area contributed by atoms with E-state index in [0.717, 1.165) is 37.9 Å². The molecule has 2 aromatic carbocycles. The van der Waals surface area contributed by atoms with Gasteiger partial charge in [0.1, 0.15) is 0 Å². The van der Waals surface area contributed by atoms with E-state index in [1.165, 1.54) is 12.1 Å². The molecule has 0 spiro atoms. The van der Waals surface area contributed by atoms with Crippen molar-refractivity contribution in [3.8, 4) is 0 Å². The number of fused-ring (bicyclic) bond motifs is 1. The molecule has 30 heavy (non-hydrogen) atoms. The van der Waals surface area contributed by atoms with Crippen molar-refractivity contribution < 1.29 is 18.4 Å². The van der Waals surface area contributed by atoms with E-state index in [1.807, 2.05) is 11.0 Å². The molecule has 2 heterocycles. The molecular formula is C22H22F2N4O2. The maximum Gasteiger partial charge on any atom is 0.295 e.